The molecule has 0 radical (unpaired) electrons. The number of hydrogen-bond donors (Lipinski definition) is 1. The Labute approximate surface area is 173 Å². The van der Waals surface area contributed by atoms with Gasteiger partial charge in [0.25, 0.3) is 5.91 Å². The Hall–Kier alpha value is -2.12. The van der Waals surface area contributed by atoms with Crippen molar-refractivity contribution in [2.45, 2.75) is 50.3 Å². The van der Waals surface area contributed by atoms with Crippen LogP contribution in [-0.4, -0.2) is 54.7 Å². The van der Waals surface area contributed by atoms with E-state index >= 15 is 0 Å². The number of amides is 1. The summed E-state index contributed by atoms with van der Waals surface area (Å²) in [6.07, 6.45) is 3.86. The minimum absolute atomic E-state index is 0.163. The van der Waals surface area contributed by atoms with Crippen molar-refractivity contribution in [2.24, 2.45) is 0 Å². The summed E-state index contributed by atoms with van der Waals surface area (Å²) in [4.78, 5) is 18.3. The molecular formula is C22H29N3O3S. The summed E-state index contributed by atoms with van der Waals surface area (Å²) in [5, 5.41) is 0. The van der Waals surface area contributed by atoms with Crippen molar-refractivity contribution in [3.63, 3.8) is 0 Å². The van der Waals surface area contributed by atoms with Crippen LogP contribution in [0.4, 0.5) is 0 Å². The van der Waals surface area contributed by atoms with Gasteiger partial charge in [-0.1, -0.05) is 30.3 Å². The van der Waals surface area contributed by atoms with Crippen LogP contribution in [0.15, 0.2) is 35.2 Å². The number of carbonyl (C=O) groups is 1. The Morgan fingerprint density at radius 3 is 2.38 bits per heavy atom. The molecule has 4 rings (SSSR count). The van der Waals surface area contributed by atoms with Crippen LogP contribution in [0, 0.1) is 13.8 Å². The zero-order valence-corrected chi connectivity index (χ0v) is 18.0. The van der Waals surface area contributed by atoms with Crippen LogP contribution in [0.25, 0.3) is 0 Å². The van der Waals surface area contributed by atoms with Gasteiger partial charge in [-0.05, 0) is 51.0 Å². The maximum atomic E-state index is 13.6. The second kappa shape index (κ2) is 7.95. The zero-order chi connectivity index (χ0) is 20.6. The Morgan fingerprint density at radius 1 is 1.00 bits per heavy atom. The van der Waals surface area contributed by atoms with Crippen molar-refractivity contribution < 1.29 is 13.2 Å². The molecule has 0 unspecified atom stereocenters. The number of piperidine rings is 1. The number of nitrogens with one attached hydrogen (secondary N) is 1. The molecule has 2 fully saturated rings. The third-order valence-electron chi connectivity index (χ3n) is 6.19. The number of aromatic nitrogens is 1. The van der Waals surface area contributed by atoms with Crippen molar-refractivity contribution in [2.75, 3.05) is 26.2 Å². The lowest BCUT2D eigenvalue weighted by molar-refractivity contribution is 0.0720. The molecule has 1 amide bonds. The standard InChI is InChI=1S/C22H29N3O3S/c1-16-20(22(26)24-12-7-4-8-13-24)21(17(2)23-16)29(27,28)25-14-11-19(15-25)18-9-5-3-6-10-18/h3,5-6,9-10,19,23H,4,7-8,11-15H2,1-2H3/t19-/m1/s1. The molecular weight excluding hydrogens is 386 g/mol. The molecule has 2 aliphatic rings. The van der Waals surface area contributed by atoms with E-state index in [4.69, 9.17) is 0 Å². The van der Waals surface area contributed by atoms with Crippen LogP contribution >= 0.6 is 0 Å². The molecule has 156 valence electrons. The Bertz CT molecular complexity index is 992. The molecule has 0 aliphatic carbocycles. The van der Waals surface area contributed by atoms with Gasteiger partial charge in [0, 0.05) is 37.6 Å². The van der Waals surface area contributed by atoms with E-state index in [1.165, 1.54) is 0 Å². The highest BCUT2D eigenvalue weighted by Crippen LogP contribution is 2.34. The number of aromatic amines is 1. The summed E-state index contributed by atoms with van der Waals surface area (Å²) in [5.74, 6) is 0.0245. The van der Waals surface area contributed by atoms with Crippen molar-refractivity contribution in [3.8, 4) is 0 Å². The fourth-order valence-electron chi connectivity index (χ4n) is 4.67. The summed E-state index contributed by atoms with van der Waals surface area (Å²) in [5.41, 5.74) is 2.67. The number of aryl methyl sites for hydroxylation is 2. The van der Waals surface area contributed by atoms with E-state index in [1.807, 2.05) is 18.2 Å². The molecule has 1 atom stereocenters. The van der Waals surface area contributed by atoms with Gasteiger partial charge < -0.3 is 9.88 Å². The normalized spacial score (nSPS) is 20.9. The first-order valence-corrected chi connectivity index (χ1v) is 11.9. The maximum absolute atomic E-state index is 13.6. The van der Waals surface area contributed by atoms with E-state index in [0.29, 0.717) is 43.1 Å². The van der Waals surface area contributed by atoms with Gasteiger partial charge in [-0.2, -0.15) is 4.31 Å². The van der Waals surface area contributed by atoms with Crippen LogP contribution in [0.1, 0.15) is 58.9 Å². The summed E-state index contributed by atoms with van der Waals surface area (Å²) < 4.78 is 28.7. The van der Waals surface area contributed by atoms with Crippen molar-refractivity contribution in [3.05, 3.63) is 52.8 Å². The predicted molar refractivity (Wildman–Crippen MR) is 113 cm³/mol. The Morgan fingerprint density at radius 2 is 1.69 bits per heavy atom. The van der Waals surface area contributed by atoms with Crippen LogP contribution < -0.4 is 0 Å². The largest absolute Gasteiger partial charge is 0.361 e. The van der Waals surface area contributed by atoms with Crippen LogP contribution in [0.2, 0.25) is 0 Å². The number of nitrogens with zero attached hydrogens (tertiary/aromatic N) is 2. The van der Waals surface area contributed by atoms with Gasteiger partial charge in [0.15, 0.2) is 0 Å². The fraction of sp³-hybridized carbons (Fsp3) is 0.500. The SMILES string of the molecule is Cc1[nH]c(C)c(S(=O)(=O)N2CC[C@@H](c3ccccc3)C2)c1C(=O)N1CCCCC1. The molecule has 1 aromatic carbocycles. The number of benzene rings is 1. The molecule has 29 heavy (non-hydrogen) atoms. The summed E-state index contributed by atoms with van der Waals surface area (Å²) >= 11 is 0. The van der Waals surface area contributed by atoms with Crippen molar-refractivity contribution in [1.82, 2.24) is 14.2 Å². The molecule has 6 nitrogen and oxygen atoms in total. The average Bonchev–Trinajstić information content (AvgIpc) is 3.34. The van der Waals surface area contributed by atoms with Gasteiger partial charge in [-0.25, -0.2) is 8.42 Å². The number of sulfonamides is 1. The van der Waals surface area contributed by atoms with Crippen molar-refractivity contribution in [1.29, 1.82) is 0 Å². The maximum Gasteiger partial charge on any atom is 0.257 e. The molecule has 2 saturated heterocycles. The molecule has 1 aromatic heterocycles. The van der Waals surface area contributed by atoms with Crippen LogP contribution in [0.3, 0.4) is 0 Å². The topological polar surface area (TPSA) is 73.5 Å². The quantitative estimate of drug-likeness (QED) is 0.831. The second-order valence-electron chi connectivity index (χ2n) is 8.19. The van der Waals surface area contributed by atoms with E-state index in [9.17, 15) is 13.2 Å². The summed E-state index contributed by atoms with van der Waals surface area (Å²) in [7, 11) is -3.75. The third-order valence-corrected chi connectivity index (χ3v) is 8.23. The zero-order valence-electron chi connectivity index (χ0n) is 17.1. The Kier molecular flexibility index (Phi) is 5.53. The number of rotatable bonds is 4. The average molecular weight is 416 g/mol. The van der Waals surface area contributed by atoms with E-state index in [-0.39, 0.29) is 16.7 Å². The summed E-state index contributed by atoms with van der Waals surface area (Å²) in [6.45, 7) is 5.86. The first-order chi connectivity index (χ1) is 13.9. The van der Waals surface area contributed by atoms with Crippen LogP contribution in [0.5, 0.6) is 0 Å². The fourth-order valence-corrected chi connectivity index (χ4v) is 6.58. The van der Waals surface area contributed by atoms with E-state index in [1.54, 1.807) is 23.1 Å². The number of hydrogen-bond acceptors (Lipinski definition) is 3. The first kappa shape index (κ1) is 20.2. The number of likely N-dealkylation sites (tertiary alicyclic amines) is 1. The molecule has 2 aromatic rings. The molecule has 7 heteroatoms. The molecule has 3 heterocycles. The van der Waals surface area contributed by atoms with E-state index in [0.717, 1.165) is 31.2 Å². The van der Waals surface area contributed by atoms with E-state index < -0.39 is 10.0 Å². The second-order valence-corrected chi connectivity index (χ2v) is 10.1. The highest BCUT2D eigenvalue weighted by molar-refractivity contribution is 7.89. The van der Waals surface area contributed by atoms with Gasteiger partial charge in [0.1, 0.15) is 4.90 Å². The van der Waals surface area contributed by atoms with Gasteiger partial charge in [-0.3, -0.25) is 4.79 Å². The lowest BCUT2D eigenvalue weighted by Gasteiger charge is -2.27. The monoisotopic (exact) mass is 415 g/mol. The van der Waals surface area contributed by atoms with Gasteiger partial charge in [-0.15, -0.1) is 0 Å². The number of carbonyl (C=O) groups excluding carboxylic acids is 1. The molecule has 0 spiro atoms. The summed E-state index contributed by atoms with van der Waals surface area (Å²) in [6, 6.07) is 10.1. The lowest BCUT2D eigenvalue weighted by atomic mass is 9.99. The number of H-pyrrole nitrogens is 1. The van der Waals surface area contributed by atoms with Gasteiger partial charge in [0.2, 0.25) is 10.0 Å². The van der Waals surface area contributed by atoms with Gasteiger partial charge >= 0.3 is 0 Å². The third kappa shape index (κ3) is 3.73. The molecule has 0 bridgehead atoms. The Balaban J connectivity index is 1.64. The smallest absolute Gasteiger partial charge is 0.257 e. The minimum atomic E-state index is -3.75. The molecule has 2 aliphatic heterocycles. The van der Waals surface area contributed by atoms with Gasteiger partial charge in [0.05, 0.1) is 5.56 Å². The van der Waals surface area contributed by atoms with Crippen molar-refractivity contribution >= 4 is 15.9 Å². The molecule has 1 N–H and O–H groups in total. The first-order valence-electron chi connectivity index (χ1n) is 10.4. The lowest BCUT2D eigenvalue weighted by Crippen LogP contribution is -2.37. The predicted octanol–water partition coefficient (Wildman–Crippen LogP) is 3.44. The highest BCUT2D eigenvalue weighted by atomic mass is 32.2. The van der Waals surface area contributed by atoms with Crippen LogP contribution in [-0.2, 0) is 10.0 Å². The highest BCUT2D eigenvalue weighted by Gasteiger charge is 2.38. The van der Waals surface area contributed by atoms with E-state index in [2.05, 4.69) is 17.1 Å². The minimum Gasteiger partial charge on any atom is -0.361 e. The molecule has 0 saturated carbocycles.